The quantitative estimate of drug-likeness (QED) is 0.240. The normalized spacial score (nSPS) is 12.5. The summed E-state index contributed by atoms with van der Waals surface area (Å²) in [7, 11) is 0. The lowest BCUT2D eigenvalue weighted by molar-refractivity contribution is -0.276. The summed E-state index contributed by atoms with van der Waals surface area (Å²) in [6.07, 6.45) is 3.48. The number of aromatic nitrogens is 4. The van der Waals surface area contributed by atoms with E-state index in [1.807, 2.05) is 0 Å². The zero-order valence-electron chi connectivity index (χ0n) is 13.4. The van der Waals surface area contributed by atoms with Crippen LogP contribution in [-0.4, -0.2) is 36.2 Å². The van der Waals surface area contributed by atoms with Gasteiger partial charge in [-0.25, -0.2) is 9.97 Å². The minimum atomic E-state index is -4.92. The van der Waals surface area contributed by atoms with Gasteiger partial charge in [0.15, 0.2) is 5.78 Å². The van der Waals surface area contributed by atoms with Crippen LogP contribution in [0.15, 0.2) is 36.9 Å². The third-order valence-electron chi connectivity index (χ3n) is 2.54. The first-order chi connectivity index (χ1) is 13.0. The highest BCUT2D eigenvalue weighted by molar-refractivity contribution is 14.1. The third-order valence-corrected chi connectivity index (χ3v) is 2.76. The number of rotatable bonds is 7. The van der Waals surface area contributed by atoms with Crippen LogP contribution in [0, 0.1) is 0 Å². The van der Waals surface area contributed by atoms with Crippen molar-refractivity contribution in [1.29, 1.82) is 0 Å². The lowest BCUT2D eigenvalue weighted by Gasteiger charge is -2.09. The first kappa shape index (κ1) is 21.6. The van der Waals surface area contributed by atoms with E-state index >= 15 is 0 Å². The summed E-state index contributed by atoms with van der Waals surface area (Å²) in [5, 5.41) is 0. The first-order valence-electron chi connectivity index (χ1n) is 7.06. The summed E-state index contributed by atoms with van der Waals surface area (Å²) in [4.78, 5) is 26.2. The Labute approximate surface area is 167 Å². The number of carbonyl (C=O) groups is 1. The molecule has 0 fully saturated rings. The molecule has 0 amide bonds. The summed E-state index contributed by atoms with van der Waals surface area (Å²) in [5.41, 5.74) is 0.0169. The summed E-state index contributed by atoms with van der Waals surface area (Å²) >= 11 is 0.763. The third kappa shape index (κ3) is 8.32. The number of ketones is 1. The SMILES string of the molecule is O=C(/C=C/c1cncc(OC(F)(F)F)n1)/C=C/c1cncc(OC(F)(F)I)n1. The van der Waals surface area contributed by atoms with Gasteiger partial charge in [-0.05, 0) is 24.3 Å². The molecule has 0 aromatic carbocycles. The summed E-state index contributed by atoms with van der Waals surface area (Å²) in [6, 6.07) is 0. The molecular formula is C15H8F5IN4O3. The maximum atomic E-state index is 12.8. The largest absolute Gasteiger partial charge is 0.574 e. The zero-order valence-corrected chi connectivity index (χ0v) is 15.6. The van der Waals surface area contributed by atoms with Crippen LogP contribution in [0.5, 0.6) is 11.8 Å². The van der Waals surface area contributed by atoms with E-state index in [2.05, 4.69) is 29.4 Å². The number of ether oxygens (including phenoxy) is 2. The van der Waals surface area contributed by atoms with Crippen LogP contribution in [0.3, 0.4) is 0 Å². The van der Waals surface area contributed by atoms with Crippen LogP contribution in [0.25, 0.3) is 12.2 Å². The van der Waals surface area contributed by atoms with Crippen molar-refractivity contribution in [1.82, 2.24) is 19.9 Å². The Hall–Kier alpha value is -2.71. The van der Waals surface area contributed by atoms with Gasteiger partial charge in [0.25, 0.3) is 0 Å². The van der Waals surface area contributed by atoms with Gasteiger partial charge in [0, 0.05) is 0 Å². The van der Waals surface area contributed by atoms with Crippen molar-refractivity contribution >= 4 is 40.5 Å². The van der Waals surface area contributed by atoms with Crippen LogP contribution in [0.4, 0.5) is 22.0 Å². The highest BCUT2D eigenvalue weighted by Gasteiger charge is 2.32. The minimum absolute atomic E-state index is 0.0528. The fraction of sp³-hybridized carbons (Fsp3) is 0.133. The number of halogens is 6. The number of nitrogens with zero attached hydrogens (tertiary/aromatic N) is 4. The maximum absolute atomic E-state index is 12.8. The molecule has 0 aliphatic carbocycles. The fourth-order valence-electron chi connectivity index (χ4n) is 1.61. The molecule has 0 spiro atoms. The highest BCUT2D eigenvalue weighted by Crippen LogP contribution is 2.25. The molecule has 2 heterocycles. The van der Waals surface area contributed by atoms with Gasteiger partial charge in [-0.2, -0.15) is 8.78 Å². The molecule has 2 aromatic rings. The Balaban J connectivity index is 2.02. The van der Waals surface area contributed by atoms with E-state index in [9.17, 15) is 26.7 Å². The van der Waals surface area contributed by atoms with Crippen LogP contribution < -0.4 is 9.47 Å². The van der Waals surface area contributed by atoms with Gasteiger partial charge >= 0.3 is 10.5 Å². The topological polar surface area (TPSA) is 87.1 Å². The molecule has 0 radical (unpaired) electrons. The van der Waals surface area contributed by atoms with Crippen molar-refractivity contribution in [2.75, 3.05) is 0 Å². The summed E-state index contributed by atoms with van der Waals surface area (Å²) < 4.78 is 66.3. The van der Waals surface area contributed by atoms with Gasteiger partial charge in [-0.1, -0.05) is 0 Å². The van der Waals surface area contributed by atoms with Crippen LogP contribution in [0.1, 0.15) is 11.4 Å². The van der Waals surface area contributed by atoms with E-state index < -0.39 is 28.0 Å². The Kier molecular flexibility index (Phi) is 6.93. The van der Waals surface area contributed by atoms with Crippen molar-refractivity contribution in [2.45, 2.75) is 10.5 Å². The lowest BCUT2D eigenvalue weighted by Crippen LogP contribution is -2.18. The van der Waals surface area contributed by atoms with Crippen molar-refractivity contribution in [3.63, 3.8) is 0 Å². The van der Waals surface area contributed by atoms with E-state index in [0.717, 1.165) is 59.4 Å². The molecule has 7 nitrogen and oxygen atoms in total. The molecule has 148 valence electrons. The second kappa shape index (κ2) is 8.99. The summed E-state index contributed by atoms with van der Waals surface area (Å²) in [5.74, 6) is -1.81. The molecule has 0 unspecified atom stereocenters. The molecule has 0 aliphatic heterocycles. The van der Waals surface area contributed by atoms with E-state index in [0.29, 0.717) is 0 Å². The Morgan fingerprint density at radius 1 is 0.857 bits per heavy atom. The van der Waals surface area contributed by atoms with Crippen molar-refractivity contribution in [3.05, 3.63) is 48.3 Å². The van der Waals surface area contributed by atoms with Crippen molar-refractivity contribution < 1.29 is 36.2 Å². The minimum Gasteiger partial charge on any atom is -0.405 e. The van der Waals surface area contributed by atoms with E-state index in [4.69, 9.17) is 0 Å². The Morgan fingerprint density at radius 3 is 1.75 bits per heavy atom. The van der Waals surface area contributed by atoms with Crippen molar-refractivity contribution in [3.8, 4) is 11.8 Å². The van der Waals surface area contributed by atoms with E-state index in [1.54, 1.807) is 0 Å². The molecular weight excluding hydrogens is 506 g/mol. The van der Waals surface area contributed by atoms with Gasteiger partial charge in [0.05, 0.1) is 58.8 Å². The predicted molar refractivity (Wildman–Crippen MR) is 93.4 cm³/mol. The molecule has 0 saturated heterocycles. The number of allylic oxidation sites excluding steroid dienone is 2. The molecule has 0 N–H and O–H groups in total. The van der Waals surface area contributed by atoms with Crippen molar-refractivity contribution in [2.24, 2.45) is 0 Å². The summed E-state index contributed by atoms with van der Waals surface area (Å²) in [6.45, 7) is 0. The van der Waals surface area contributed by atoms with E-state index in [1.165, 1.54) is 12.3 Å². The Bertz CT molecular complexity index is 828. The second-order valence-corrected chi connectivity index (χ2v) is 5.98. The number of alkyl halides is 6. The molecule has 0 saturated carbocycles. The first-order valence-corrected chi connectivity index (χ1v) is 8.14. The average Bonchev–Trinajstić information content (AvgIpc) is 2.56. The number of carbonyl (C=O) groups excluding carboxylic acids is 1. The molecule has 2 rings (SSSR count). The van der Waals surface area contributed by atoms with Crippen LogP contribution >= 0.6 is 22.6 Å². The molecule has 0 atom stereocenters. The lowest BCUT2D eigenvalue weighted by atomic mass is 10.2. The maximum Gasteiger partial charge on any atom is 0.574 e. The fourth-order valence-corrected chi connectivity index (χ4v) is 1.84. The Morgan fingerprint density at radius 2 is 1.32 bits per heavy atom. The number of hydrogen-bond donors (Lipinski definition) is 0. The van der Waals surface area contributed by atoms with Gasteiger partial charge in [0.2, 0.25) is 11.8 Å². The number of hydrogen-bond acceptors (Lipinski definition) is 7. The average molecular weight is 514 g/mol. The van der Waals surface area contributed by atoms with Crippen LogP contribution in [-0.2, 0) is 4.79 Å². The monoisotopic (exact) mass is 514 g/mol. The van der Waals surface area contributed by atoms with Gasteiger partial charge in [-0.3, -0.25) is 14.8 Å². The second-order valence-electron chi connectivity index (χ2n) is 4.73. The molecule has 0 aliphatic rings. The van der Waals surface area contributed by atoms with Gasteiger partial charge < -0.3 is 9.47 Å². The molecule has 0 bridgehead atoms. The standard InChI is InChI=1S/C15H8F5IN4O3/c16-14(17,18)27-12-7-22-5-9(24-12)1-3-11(26)4-2-10-6-23-8-13(25-10)28-15(19,20)21/h1-8H/b3-1+,4-2+. The molecule has 2 aromatic heterocycles. The van der Waals surface area contributed by atoms with E-state index in [-0.39, 0.29) is 11.4 Å². The van der Waals surface area contributed by atoms with Gasteiger partial charge in [0.1, 0.15) is 0 Å². The molecule has 13 heteroatoms. The zero-order chi connectivity index (χ0) is 20.8. The van der Waals surface area contributed by atoms with Crippen LogP contribution in [0.2, 0.25) is 0 Å². The predicted octanol–water partition coefficient (Wildman–Crippen LogP) is 3.83. The smallest absolute Gasteiger partial charge is 0.405 e. The van der Waals surface area contributed by atoms with Gasteiger partial charge in [-0.15, -0.1) is 13.2 Å². The highest BCUT2D eigenvalue weighted by atomic mass is 127. The molecule has 28 heavy (non-hydrogen) atoms.